The Balaban J connectivity index is 2.29. The van der Waals surface area contributed by atoms with Gasteiger partial charge in [0.05, 0.1) is 18.2 Å². The van der Waals surface area contributed by atoms with E-state index < -0.39 is 12.0 Å². The number of esters is 1. The van der Waals surface area contributed by atoms with Crippen molar-refractivity contribution >= 4 is 38.7 Å². The number of hydrogen-bond acceptors (Lipinski definition) is 4. The number of hydrogen-bond donors (Lipinski definition) is 1. The lowest BCUT2D eigenvalue weighted by molar-refractivity contribution is -0.142. The van der Waals surface area contributed by atoms with Gasteiger partial charge in [-0.15, -0.1) is 0 Å². The molecule has 0 aliphatic heterocycles. The molecular formula is C16H15BrN2O3. The molecule has 0 saturated carbocycles. The van der Waals surface area contributed by atoms with E-state index in [4.69, 9.17) is 4.74 Å². The number of carbonyl (C=O) groups is 2. The molecule has 2 aromatic rings. The molecule has 0 radical (unpaired) electrons. The molecule has 6 heteroatoms. The molecule has 5 nitrogen and oxygen atoms in total. The zero-order chi connectivity index (χ0) is 16.1. The van der Waals surface area contributed by atoms with Crippen LogP contribution in [-0.2, 0) is 9.53 Å². The number of methoxy groups -OCH3 is 1. The van der Waals surface area contributed by atoms with Crippen LogP contribution < -0.4 is 5.32 Å². The lowest BCUT2D eigenvalue weighted by Gasteiger charge is -2.16. The quantitative estimate of drug-likeness (QED) is 0.830. The topological polar surface area (TPSA) is 68.3 Å². The highest BCUT2D eigenvalue weighted by Gasteiger charge is 2.23. The Morgan fingerprint density at radius 3 is 2.77 bits per heavy atom. The second kappa shape index (κ2) is 7.17. The van der Waals surface area contributed by atoms with Gasteiger partial charge in [0.15, 0.2) is 0 Å². The number of benzene rings is 1. The Hall–Kier alpha value is -2.21. The third kappa shape index (κ3) is 3.71. The number of halogens is 1. The number of aromatic nitrogens is 1. The molecule has 2 rings (SSSR count). The van der Waals surface area contributed by atoms with Crippen LogP contribution >= 0.6 is 15.9 Å². The Kier molecular flexibility index (Phi) is 5.27. The standard InChI is InChI=1S/C16H15BrN2O3/c1-10(17)9-13(16(21)22-2)19-15(20)12-7-3-5-11-6-4-8-18-14(11)12/h3-8,13H,1,9H2,2H3,(H,19,20)/t13-/m1/s1. The minimum Gasteiger partial charge on any atom is -0.467 e. The maximum absolute atomic E-state index is 12.5. The summed E-state index contributed by atoms with van der Waals surface area (Å²) in [5, 5.41) is 3.52. The van der Waals surface area contributed by atoms with E-state index in [1.807, 2.05) is 12.1 Å². The van der Waals surface area contributed by atoms with Gasteiger partial charge in [-0.05, 0) is 16.6 Å². The fourth-order valence-electron chi connectivity index (χ4n) is 2.08. The van der Waals surface area contributed by atoms with Gasteiger partial charge >= 0.3 is 5.97 Å². The lowest BCUT2D eigenvalue weighted by Crippen LogP contribution is -2.41. The fraction of sp³-hybridized carbons (Fsp3) is 0.188. The van der Waals surface area contributed by atoms with Gasteiger partial charge in [-0.1, -0.05) is 40.7 Å². The molecule has 1 heterocycles. The molecule has 1 aromatic carbocycles. The summed E-state index contributed by atoms with van der Waals surface area (Å²) in [4.78, 5) is 28.5. The molecule has 114 valence electrons. The van der Waals surface area contributed by atoms with E-state index in [0.717, 1.165) is 5.39 Å². The van der Waals surface area contributed by atoms with E-state index in [9.17, 15) is 9.59 Å². The minimum absolute atomic E-state index is 0.247. The van der Waals surface area contributed by atoms with Crippen molar-refractivity contribution in [3.8, 4) is 0 Å². The van der Waals surface area contributed by atoms with Gasteiger partial charge in [0.1, 0.15) is 6.04 Å². The number of para-hydroxylation sites is 1. The summed E-state index contributed by atoms with van der Waals surface area (Å²) in [7, 11) is 1.28. The van der Waals surface area contributed by atoms with Crippen molar-refractivity contribution in [3.05, 3.63) is 53.2 Å². The molecule has 1 N–H and O–H groups in total. The fourth-order valence-corrected chi connectivity index (χ4v) is 2.40. The zero-order valence-electron chi connectivity index (χ0n) is 12.0. The maximum atomic E-state index is 12.5. The van der Waals surface area contributed by atoms with Gasteiger partial charge in [-0.2, -0.15) is 0 Å². The number of carbonyl (C=O) groups excluding carboxylic acids is 2. The van der Waals surface area contributed by atoms with Crippen LogP contribution in [0.5, 0.6) is 0 Å². The molecule has 0 aliphatic carbocycles. The summed E-state index contributed by atoms with van der Waals surface area (Å²) < 4.78 is 5.30. The number of rotatable bonds is 5. The van der Waals surface area contributed by atoms with E-state index in [0.29, 0.717) is 15.6 Å². The highest BCUT2D eigenvalue weighted by molar-refractivity contribution is 9.11. The molecule has 1 amide bonds. The van der Waals surface area contributed by atoms with Crippen molar-refractivity contribution in [1.82, 2.24) is 10.3 Å². The Morgan fingerprint density at radius 2 is 2.09 bits per heavy atom. The average molecular weight is 363 g/mol. The molecule has 0 fully saturated rings. The monoisotopic (exact) mass is 362 g/mol. The highest BCUT2D eigenvalue weighted by Crippen LogP contribution is 2.17. The van der Waals surface area contributed by atoms with Crippen molar-refractivity contribution in [3.63, 3.8) is 0 Å². The molecule has 0 aliphatic rings. The molecule has 0 spiro atoms. The predicted molar refractivity (Wildman–Crippen MR) is 87.7 cm³/mol. The van der Waals surface area contributed by atoms with Crippen LogP contribution in [0.3, 0.4) is 0 Å². The van der Waals surface area contributed by atoms with Gasteiger partial charge in [0.2, 0.25) is 0 Å². The van der Waals surface area contributed by atoms with Crippen molar-refractivity contribution in [2.45, 2.75) is 12.5 Å². The molecule has 1 atom stereocenters. The van der Waals surface area contributed by atoms with E-state index in [-0.39, 0.29) is 12.3 Å². The second-order valence-electron chi connectivity index (χ2n) is 4.65. The highest BCUT2D eigenvalue weighted by atomic mass is 79.9. The van der Waals surface area contributed by atoms with Crippen LogP contribution in [0.4, 0.5) is 0 Å². The van der Waals surface area contributed by atoms with Crippen molar-refractivity contribution in [2.75, 3.05) is 7.11 Å². The summed E-state index contributed by atoms with van der Waals surface area (Å²) in [6.45, 7) is 3.69. The number of nitrogens with one attached hydrogen (secondary N) is 1. The molecule has 0 unspecified atom stereocenters. The first kappa shape index (κ1) is 16.2. The van der Waals surface area contributed by atoms with Crippen LogP contribution in [0.15, 0.2) is 47.6 Å². The number of ether oxygens (including phenoxy) is 1. The Morgan fingerprint density at radius 1 is 1.36 bits per heavy atom. The van der Waals surface area contributed by atoms with E-state index in [1.165, 1.54) is 7.11 Å². The Bertz CT molecular complexity index is 725. The van der Waals surface area contributed by atoms with Crippen molar-refractivity contribution in [1.29, 1.82) is 0 Å². The predicted octanol–water partition coefficient (Wildman–Crippen LogP) is 2.80. The smallest absolute Gasteiger partial charge is 0.328 e. The van der Waals surface area contributed by atoms with Gasteiger partial charge in [0.25, 0.3) is 5.91 Å². The maximum Gasteiger partial charge on any atom is 0.328 e. The largest absolute Gasteiger partial charge is 0.467 e. The third-order valence-electron chi connectivity index (χ3n) is 3.09. The van der Waals surface area contributed by atoms with Crippen molar-refractivity contribution in [2.24, 2.45) is 0 Å². The first-order valence-electron chi connectivity index (χ1n) is 6.58. The van der Waals surface area contributed by atoms with Crippen LogP contribution in [0.25, 0.3) is 10.9 Å². The SMILES string of the molecule is C=C(Br)C[C@@H](NC(=O)c1cccc2cccnc12)C(=O)OC. The van der Waals surface area contributed by atoms with Crippen LogP contribution in [0.2, 0.25) is 0 Å². The van der Waals surface area contributed by atoms with Gasteiger partial charge in [0, 0.05) is 18.0 Å². The van der Waals surface area contributed by atoms with E-state index >= 15 is 0 Å². The van der Waals surface area contributed by atoms with E-state index in [2.05, 4.69) is 32.8 Å². The normalized spacial score (nSPS) is 11.7. The number of pyridine rings is 1. The first-order chi connectivity index (χ1) is 10.5. The van der Waals surface area contributed by atoms with Gasteiger partial charge in [-0.25, -0.2) is 4.79 Å². The lowest BCUT2D eigenvalue weighted by atomic mass is 10.1. The molecular weight excluding hydrogens is 348 g/mol. The number of amides is 1. The first-order valence-corrected chi connectivity index (χ1v) is 7.38. The third-order valence-corrected chi connectivity index (χ3v) is 3.42. The van der Waals surface area contributed by atoms with Crippen LogP contribution in [0.1, 0.15) is 16.8 Å². The van der Waals surface area contributed by atoms with Gasteiger partial charge < -0.3 is 10.1 Å². The zero-order valence-corrected chi connectivity index (χ0v) is 13.6. The molecule has 0 bridgehead atoms. The average Bonchev–Trinajstić information content (AvgIpc) is 2.52. The van der Waals surface area contributed by atoms with E-state index in [1.54, 1.807) is 24.4 Å². The number of fused-ring (bicyclic) bond motifs is 1. The summed E-state index contributed by atoms with van der Waals surface area (Å²) in [6.07, 6.45) is 1.87. The molecule has 1 aromatic heterocycles. The van der Waals surface area contributed by atoms with Crippen LogP contribution in [0, 0.1) is 0 Å². The molecule has 0 saturated heterocycles. The van der Waals surface area contributed by atoms with Crippen molar-refractivity contribution < 1.29 is 14.3 Å². The number of nitrogens with zero attached hydrogens (tertiary/aromatic N) is 1. The minimum atomic E-state index is -0.802. The van der Waals surface area contributed by atoms with Gasteiger partial charge in [-0.3, -0.25) is 9.78 Å². The summed E-state index contributed by atoms with van der Waals surface area (Å²) >= 11 is 3.19. The molecule has 22 heavy (non-hydrogen) atoms. The summed E-state index contributed by atoms with van der Waals surface area (Å²) in [6, 6.07) is 8.19. The summed E-state index contributed by atoms with van der Waals surface area (Å²) in [5.41, 5.74) is 0.996. The Labute approximate surface area is 136 Å². The van der Waals surface area contributed by atoms with Crippen LogP contribution in [-0.4, -0.2) is 30.0 Å². The summed E-state index contributed by atoms with van der Waals surface area (Å²) in [5.74, 6) is -0.907. The second-order valence-corrected chi connectivity index (χ2v) is 5.77.